The van der Waals surface area contributed by atoms with Crippen molar-refractivity contribution < 1.29 is 0 Å². The van der Waals surface area contributed by atoms with Crippen molar-refractivity contribution in [2.24, 2.45) is 0 Å². The first-order chi connectivity index (χ1) is 5.81. The number of para-hydroxylation sites is 1. The summed E-state index contributed by atoms with van der Waals surface area (Å²) in [6, 6.07) is 10.8. The Bertz CT molecular complexity index is 252. The number of hydrogen-bond acceptors (Lipinski definition) is 1. The van der Waals surface area contributed by atoms with E-state index in [1.807, 2.05) is 11.8 Å². The van der Waals surface area contributed by atoms with Crippen LogP contribution >= 0.6 is 11.8 Å². The standard InChI is InChI=1S/C10H14NS/c1-11(7-8-12-9-11)10-5-3-2-4-6-10/h2-6H,7-9H2,1H3/q+1. The van der Waals surface area contributed by atoms with Crippen LogP contribution in [0, 0.1) is 0 Å². The van der Waals surface area contributed by atoms with Crippen molar-refractivity contribution in [2.45, 2.75) is 0 Å². The van der Waals surface area contributed by atoms with E-state index in [0.29, 0.717) is 0 Å². The molecule has 1 atom stereocenters. The van der Waals surface area contributed by atoms with Crippen LogP contribution in [-0.4, -0.2) is 25.2 Å². The van der Waals surface area contributed by atoms with Gasteiger partial charge in [0, 0.05) is 5.75 Å². The minimum absolute atomic E-state index is 1.10. The second-order valence-corrected chi connectivity index (χ2v) is 4.57. The zero-order valence-corrected chi connectivity index (χ0v) is 8.18. The highest BCUT2D eigenvalue weighted by Crippen LogP contribution is 2.28. The summed E-state index contributed by atoms with van der Waals surface area (Å²) in [5.74, 6) is 2.52. The normalized spacial score (nSPS) is 29.1. The van der Waals surface area contributed by atoms with Gasteiger partial charge in [0.2, 0.25) is 0 Å². The summed E-state index contributed by atoms with van der Waals surface area (Å²) in [4.78, 5) is 0. The maximum absolute atomic E-state index is 2.31. The van der Waals surface area contributed by atoms with Crippen LogP contribution in [0.5, 0.6) is 0 Å². The second kappa shape index (κ2) is 3.11. The molecule has 0 N–H and O–H groups in total. The van der Waals surface area contributed by atoms with Crippen molar-refractivity contribution >= 4 is 17.4 Å². The molecule has 2 heteroatoms. The van der Waals surface area contributed by atoms with Gasteiger partial charge in [0.05, 0.1) is 13.6 Å². The van der Waals surface area contributed by atoms with Crippen molar-refractivity contribution in [3.8, 4) is 0 Å². The van der Waals surface area contributed by atoms with Gasteiger partial charge in [-0.2, -0.15) is 0 Å². The summed E-state index contributed by atoms with van der Waals surface area (Å²) >= 11 is 2.05. The number of benzene rings is 1. The van der Waals surface area contributed by atoms with E-state index < -0.39 is 0 Å². The lowest BCUT2D eigenvalue weighted by Crippen LogP contribution is -2.41. The first kappa shape index (κ1) is 8.14. The Morgan fingerprint density at radius 1 is 1.25 bits per heavy atom. The van der Waals surface area contributed by atoms with Gasteiger partial charge >= 0.3 is 0 Å². The molecule has 0 amide bonds. The third kappa shape index (κ3) is 1.37. The van der Waals surface area contributed by atoms with Crippen LogP contribution in [-0.2, 0) is 0 Å². The SMILES string of the molecule is C[N+]1(c2ccccc2)CCSC1. The number of thioether (sulfide) groups is 1. The van der Waals surface area contributed by atoms with Crippen LogP contribution in [0.3, 0.4) is 0 Å². The number of nitrogens with zero attached hydrogens (tertiary/aromatic N) is 1. The van der Waals surface area contributed by atoms with Gasteiger partial charge < -0.3 is 0 Å². The molecule has 1 fully saturated rings. The van der Waals surface area contributed by atoms with Crippen LogP contribution in [0.4, 0.5) is 5.69 Å². The summed E-state index contributed by atoms with van der Waals surface area (Å²) in [6.45, 7) is 1.27. The van der Waals surface area contributed by atoms with E-state index in [9.17, 15) is 0 Å². The third-order valence-electron chi connectivity index (χ3n) is 2.48. The molecule has 1 aliphatic heterocycles. The van der Waals surface area contributed by atoms with E-state index >= 15 is 0 Å². The molecule has 0 spiro atoms. The minimum Gasteiger partial charge on any atom is -0.284 e. The van der Waals surface area contributed by atoms with E-state index in [2.05, 4.69) is 37.4 Å². The summed E-state index contributed by atoms with van der Waals surface area (Å²) in [7, 11) is 2.31. The Morgan fingerprint density at radius 3 is 2.58 bits per heavy atom. The molecule has 1 nitrogen and oxygen atoms in total. The molecule has 0 aliphatic carbocycles. The fourth-order valence-electron chi connectivity index (χ4n) is 1.59. The minimum atomic E-state index is 1.10. The van der Waals surface area contributed by atoms with Gasteiger partial charge in [0.25, 0.3) is 0 Å². The van der Waals surface area contributed by atoms with Crippen molar-refractivity contribution in [1.82, 2.24) is 4.48 Å². The maximum atomic E-state index is 2.31. The summed E-state index contributed by atoms with van der Waals surface area (Å²) in [5.41, 5.74) is 1.45. The van der Waals surface area contributed by atoms with Gasteiger partial charge in [0.1, 0.15) is 11.6 Å². The molecule has 0 radical (unpaired) electrons. The van der Waals surface area contributed by atoms with Gasteiger partial charge in [-0.3, -0.25) is 4.48 Å². The van der Waals surface area contributed by atoms with Crippen molar-refractivity contribution in [3.05, 3.63) is 30.3 Å². The van der Waals surface area contributed by atoms with Crippen molar-refractivity contribution in [1.29, 1.82) is 0 Å². The molecular formula is C10H14NS+. The molecule has 2 rings (SSSR count). The zero-order chi connectivity index (χ0) is 8.44. The monoisotopic (exact) mass is 180 g/mol. The van der Waals surface area contributed by atoms with Crippen molar-refractivity contribution in [3.63, 3.8) is 0 Å². The molecule has 1 unspecified atom stereocenters. The smallest absolute Gasteiger partial charge is 0.133 e. The number of quaternary nitrogens is 1. The van der Waals surface area contributed by atoms with E-state index in [0.717, 1.165) is 4.48 Å². The van der Waals surface area contributed by atoms with Crippen LogP contribution in [0.1, 0.15) is 0 Å². The Hall–Kier alpha value is -0.470. The number of rotatable bonds is 1. The summed E-state index contributed by atoms with van der Waals surface area (Å²) in [5, 5.41) is 0. The average Bonchev–Trinajstić information content (AvgIpc) is 2.55. The van der Waals surface area contributed by atoms with E-state index in [1.54, 1.807) is 0 Å². The first-order valence-electron chi connectivity index (χ1n) is 4.29. The quantitative estimate of drug-likeness (QED) is 0.598. The molecule has 1 aromatic carbocycles. The molecule has 0 bridgehead atoms. The van der Waals surface area contributed by atoms with Crippen molar-refractivity contribution in [2.75, 3.05) is 25.2 Å². The highest BCUT2D eigenvalue weighted by molar-refractivity contribution is 7.99. The summed E-state index contributed by atoms with van der Waals surface area (Å²) < 4.78 is 1.10. The van der Waals surface area contributed by atoms with Crippen LogP contribution < -0.4 is 4.48 Å². The second-order valence-electron chi connectivity index (χ2n) is 3.49. The van der Waals surface area contributed by atoms with Gasteiger partial charge in [-0.05, 0) is 12.1 Å². The molecule has 1 heterocycles. The maximum Gasteiger partial charge on any atom is 0.133 e. The predicted octanol–water partition coefficient (Wildman–Crippen LogP) is 2.33. The predicted molar refractivity (Wildman–Crippen MR) is 56.4 cm³/mol. The Balaban J connectivity index is 2.29. The van der Waals surface area contributed by atoms with E-state index in [-0.39, 0.29) is 0 Å². The van der Waals surface area contributed by atoms with Gasteiger partial charge in [0.15, 0.2) is 0 Å². The Labute approximate surface area is 78.0 Å². The molecule has 64 valence electrons. The van der Waals surface area contributed by atoms with Crippen LogP contribution in [0.2, 0.25) is 0 Å². The lowest BCUT2D eigenvalue weighted by Gasteiger charge is -2.27. The van der Waals surface area contributed by atoms with Gasteiger partial charge in [-0.1, -0.05) is 30.0 Å². The average molecular weight is 180 g/mol. The largest absolute Gasteiger partial charge is 0.284 e. The molecule has 12 heavy (non-hydrogen) atoms. The van der Waals surface area contributed by atoms with Crippen LogP contribution in [0.15, 0.2) is 30.3 Å². The molecule has 0 aromatic heterocycles. The molecule has 1 aliphatic rings. The third-order valence-corrected chi connectivity index (χ3v) is 3.71. The van der Waals surface area contributed by atoms with E-state index in [1.165, 1.54) is 23.9 Å². The molecule has 1 saturated heterocycles. The topological polar surface area (TPSA) is 0 Å². The fourth-order valence-corrected chi connectivity index (χ4v) is 2.93. The fraction of sp³-hybridized carbons (Fsp3) is 0.400. The van der Waals surface area contributed by atoms with Crippen LogP contribution in [0.25, 0.3) is 0 Å². The summed E-state index contributed by atoms with van der Waals surface area (Å²) in [6.07, 6.45) is 0. The van der Waals surface area contributed by atoms with E-state index in [4.69, 9.17) is 0 Å². The van der Waals surface area contributed by atoms with Gasteiger partial charge in [-0.25, -0.2) is 0 Å². The highest BCUT2D eigenvalue weighted by Gasteiger charge is 2.29. The molecular weight excluding hydrogens is 166 g/mol. The molecule has 1 aromatic rings. The highest BCUT2D eigenvalue weighted by atomic mass is 32.2. The lowest BCUT2D eigenvalue weighted by molar-refractivity contribution is 0.425. The number of hydrogen-bond donors (Lipinski definition) is 0. The Morgan fingerprint density at radius 2 is 2.00 bits per heavy atom. The first-order valence-corrected chi connectivity index (χ1v) is 5.45. The molecule has 0 saturated carbocycles. The van der Waals surface area contributed by atoms with Gasteiger partial charge in [-0.15, -0.1) is 0 Å². The Kier molecular flexibility index (Phi) is 2.11. The zero-order valence-electron chi connectivity index (χ0n) is 7.36. The lowest BCUT2D eigenvalue weighted by atomic mass is 10.2.